The number of aromatic nitrogens is 2. The smallest absolute Gasteiger partial charge is 0.270 e. The van der Waals surface area contributed by atoms with Gasteiger partial charge in [-0.3, -0.25) is 0 Å². The Hall–Kier alpha value is -1.94. The Labute approximate surface area is 118 Å². The molecule has 20 heavy (non-hydrogen) atoms. The molecule has 0 atom stereocenters. The van der Waals surface area contributed by atoms with Gasteiger partial charge in [-0.25, -0.2) is 4.57 Å². The Morgan fingerprint density at radius 1 is 1.10 bits per heavy atom. The quantitative estimate of drug-likeness (QED) is 0.767. The van der Waals surface area contributed by atoms with Gasteiger partial charge in [0.05, 0.1) is 12.7 Å². The van der Waals surface area contributed by atoms with Crippen LogP contribution >= 0.6 is 0 Å². The Balaban J connectivity index is 1.90. The lowest BCUT2D eigenvalue weighted by Crippen LogP contribution is -2.40. The maximum Gasteiger partial charge on any atom is 0.270 e. The minimum atomic E-state index is 0.952. The monoisotopic (exact) mass is 267 g/mol. The van der Waals surface area contributed by atoms with Crippen molar-refractivity contribution >= 4 is 5.82 Å². The molecule has 2 aromatic heterocycles. The summed E-state index contributed by atoms with van der Waals surface area (Å²) in [6, 6.07) is 6.48. The van der Waals surface area contributed by atoms with Gasteiger partial charge in [0.1, 0.15) is 6.20 Å². The number of anilines is 1. The third kappa shape index (κ3) is 1.88. The van der Waals surface area contributed by atoms with Crippen molar-refractivity contribution in [2.75, 3.05) is 18.4 Å². The first-order valence-corrected chi connectivity index (χ1v) is 7.39. The molecule has 0 radical (unpaired) electrons. The predicted molar refractivity (Wildman–Crippen MR) is 78.0 cm³/mol. The molecular weight excluding hydrogens is 248 g/mol. The van der Waals surface area contributed by atoms with Crippen LogP contribution < -0.4 is 15.2 Å². The first-order valence-electron chi connectivity index (χ1n) is 7.39. The standard InChI is InChI=1S/C16H18N4/c1-3-12-4-2-10-20(15(12)18-7-1)16-14-6-8-17-11-13(14)5-9-19-16/h2,4-5,9-10,17H,1,3,6-8,11H2/p+1. The van der Waals surface area contributed by atoms with Crippen molar-refractivity contribution in [3.05, 3.63) is 47.3 Å². The third-order valence-electron chi connectivity index (χ3n) is 4.22. The second kappa shape index (κ2) is 4.87. The summed E-state index contributed by atoms with van der Waals surface area (Å²) in [5.74, 6) is 2.31. The highest BCUT2D eigenvalue weighted by molar-refractivity contribution is 5.45. The van der Waals surface area contributed by atoms with Gasteiger partial charge in [0.15, 0.2) is 0 Å². The summed E-state index contributed by atoms with van der Waals surface area (Å²) in [5.41, 5.74) is 4.16. The average molecular weight is 267 g/mol. The second-order valence-corrected chi connectivity index (χ2v) is 5.48. The molecule has 2 aromatic rings. The van der Waals surface area contributed by atoms with Crippen molar-refractivity contribution in [3.63, 3.8) is 0 Å². The van der Waals surface area contributed by atoms with Crippen LogP contribution in [0.25, 0.3) is 5.82 Å². The van der Waals surface area contributed by atoms with Gasteiger partial charge in [-0.1, -0.05) is 0 Å². The fourth-order valence-corrected chi connectivity index (χ4v) is 3.22. The molecule has 4 heterocycles. The van der Waals surface area contributed by atoms with Gasteiger partial charge in [-0.2, -0.15) is 0 Å². The molecule has 2 N–H and O–H groups in total. The number of rotatable bonds is 1. The lowest BCUT2D eigenvalue weighted by atomic mass is 10.0. The predicted octanol–water partition coefficient (Wildman–Crippen LogP) is 1.36. The summed E-state index contributed by atoms with van der Waals surface area (Å²) in [5, 5.41) is 6.97. The normalized spacial score (nSPS) is 17.0. The van der Waals surface area contributed by atoms with E-state index in [1.165, 1.54) is 28.9 Å². The van der Waals surface area contributed by atoms with E-state index in [0.717, 1.165) is 38.3 Å². The van der Waals surface area contributed by atoms with E-state index < -0.39 is 0 Å². The van der Waals surface area contributed by atoms with Crippen LogP contribution in [-0.2, 0) is 19.4 Å². The molecular formula is C16H19N4+. The Morgan fingerprint density at radius 2 is 2.10 bits per heavy atom. The van der Waals surface area contributed by atoms with E-state index in [-0.39, 0.29) is 0 Å². The molecule has 0 saturated heterocycles. The molecule has 0 amide bonds. The van der Waals surface area contributed by atoms with Crippen molar-refractivity contribution < 1.29 is 4.57 Å². The summed E-state index contributed by atoms with van der Waals surface area (Å²) in [4.78, 5) is 4.67. The summed E-state index contributed by atoms with van der Waals surface area (Å²) < 4.78 is 2.23. The maximum absolute atomic E-state index is 4.67. The van der Waals surface area contributed by atoms with E-state index in [9.17, 15) is 0 Å². The Morgan fingerprint density at radius 3 is 3.10 bits per heavy atom. The van der Waals surface area contributed by atoms with Gasteiger partial charge < -0.3 is 10.6 Å². The Bertz CT molecular complexity index is 593. The first-order chi connectivity index (χ1) is 9.93. The minimum Gasteiger partial charge on any atom is -0.312 e. The summed E-state index contributed by atoms with van der Waals surface area (Å²) in [7, 11) is 0. The number of nitrogens with one attached hydrogen (secondary N) is 2. The van der Waals surface area contributed by atoms with Crippen LogP contribution in [0, 0.1) is 0 Å². The van der Waals surface area contributed by atoms with Gasteiger partial charge in [0.25, 0.3) is 5.82 Å². The van der Waals surface area contributed by atoms with Crippen molar-refractivity contribution in [1.29, 1.82) is 0 Å². The van der Waals surface area contributed by atoms with Crippen LogP contribution in [-0.4, -0.2) is 18.1 Å². The summed E-state index contributed by atoms with van der Waals surface area (Å²) in [6.07, 6.45) is 7.47. The van der Waals surface area contributed by atoms with E-state index >= 15 is 0 Å². The molecule has 0 unspecified atom stereocenters. The van der Waals surface area contributed by atoms with E-state index in [2.05, 4.69) is 44.6 Å². The van der Waals surface area contributed by atoms with Crippen LogP contribution in [0.3, 0.4) is 0 Å². The van der Waals surface area contributed by atoms with Gasteiger partial charge >= 0.3 is 0 Å². The lowest BCUT2D eigenvalue weighted by molar-refractivity contribution is -0.585. The fourth-order valence-electron chi connectivity index (χ4n) is 3.22. The van der Waals surface area contributed by atoms with Crippen LogP contribution in [0.15, 0.2) is 30.6 Å². The van der Waals surface area contributed by atoms with E-state index in [4.69, 9.17) is 0 Å². The van der Waals surface area contributed by atoms with E-state index in [1.807, 2.05) is 6.20 Å². The van der Waals surface area contributed by atoms with Crippen LogP contribution in [0.4, 0.5) is 5.82 Å². The Kier molecular flexibility index (Phi) is 2.89. The van der Waals surface area contributed by atoms with Gasteiger partial charge in [0, 0.05) is 17.7 Å². The molecule has 0 fully saturated rings. The molecule has 2 aliphatic heterocycles. The number of hydrogen-bond donors (Lipinski definition) is 2. The molecule has 2 aliphatic rings. The largest absolute Gasteiger partial charge is 0.312 e. The highest BCUT2D eigenvalue weighted by Crippen LogP contribution is 2.21. The van der Waals surface area contributed by atoms with Crippen LogP contribution in [0.2, 0.25) is 0 Å². The zero-order valence-electron chi connectivity index (χ0n) is 11.5. The average Bonchev–Trinajstić information content (AvgIpc) is 2.54. The van der Waals surface area contributed by atoms with Crippen molar-refractivity contribution in [1.82, 2.24) is 10.3 Å². The maximum atomic E-state index is 4.67. The van der Waals surface area contributed by atoms with Crippen LogP contribution in [0.5, 0.6) is 0 Å². The van der Waals surface area contributed by atoms with E-state index in [0.29, 0.717) is 0 Å². The molecule has 0 spiro atoms. The molecule has 0 aromatic carbocycles. The molecule has 0 saturated carbocycles. The van der Waals surface area contributed by atoms with Gasteiger partial charge in [0.2, 0.25) is 5.82 Å². The minimum absolute atomic E-state index is 0.952. The van der Waals surface area contributed by atoms with Crippen molar-refractivity contribution in [2.24, 2.45) is 0 Å². The van der Waals surface area contributed by atoms with Gasteiger partial charge in [-0.05, 0) is 49.6 Å². The number of aryl methyl sites for hydroxylation is 1. The summed E-state index contributed by atoms with van der Waals surface area (Å²) >= 11 is 0. The fraction of sp³-hybridized carbons (Fsp3) is 0.375. The third-order valence-corrected chi connectivity index (χ3v) is 4.22. The molecule has 102 valence electrons. The number of nitrogens with zero attached hydrogens (tertiary/aromatic N) is 2. The molecule has 4 heteroatoms. The highest BCUT2D eigenvalue weighted by atomic mass is 15.2. The zero-order valence-corrected chi connectivity index (χ0v) is 11.5. The van der Waals surface area contributed by atoms with Crippen molar-refractivity contribution in [3.8, 4) is 5.82 Å². The number of pyridine rings is 2. The SMILES string of the molecule is c1cc2c([n+](-c3nccc4c3CCNC4)c1)NCCC2. The molecule has 4 nitrogen and oxygen atoms in total. The van der Waals surface area contributed by atoms with Gasteiger partial charge in [-0.15, -0.1) is 4.98 Å². The van der Waals surface area contributed by atoms with Crippen LogP contribution in [0.1, 0.15) is 23.1 Å². The topological polar surface area (TPSA) is 40.8 Å². The molecule has 4 rings (SSSR count). The first kappa shape index (κ1) is 11.9. The molecule has 0 aliphatic carbocycles. The number of hydrogen-bond acceptors (Lipinski definition) is 3. The lowest BCUT2D eigenvalue weighted by Gasteiger charge is -2.20. The zero-order chi connectivity index (χ0) is 13.4. The highest BCUT2D eigenvalue weighted by Gasteiger charge is 2.24. The van der Waals surface area contributed by atoms with Crippen molar-refractivity contribution in [2.45, 2.75) is 25.8 Å². The number of fused-ring (bicyclic) bond motifs is 2. The van der Waals surface area contributed by atoms with E-state index in [1.54, 1.807) is 0 Å². The summed E-state index contributed by atoms with van der Waals surface area (Å²) in [6.45, 7) is 3.04. The molecule has 0 bridgehead atoms. The second-order valence-electron chi connectivity index (χ2n) is 5.48.